The Morgan fingerprint density at radius 2 is 2.00 bits per heavy atom. The first-order valence-electron chi connectivity index (χ1n) is 6.01. The third-order valence-corrected chi connectivity index (χ3v) is 2.56. The molecule has 0 amide bonds. The highest BCUT2D eigenvalue weighted by Crippen LogP contribution is 2.22. The summed E-state index contributed by atoms with van der Waals surface area (Å²) in [6, 6.07) is 0. The van der Waals surface area contributed by atoms with Crippen molar-refractivity contribution in [2.75, 3.05) is 11.9 Å². The van der Waals surface area contributed by atoms with Crippen LogP contribution in [0.2, 0.25) is 5.28 Å². The van der Waals surface area contributed by atoms with Gasteiger partial charge < -0.3 is 5.32 Å². The predicted molar refractivity (Wildman–Crippen MR) is 68.1 cm³/mol. The van der Waals surface area contributed by atoms with E-state index in [1.807, 2.05) is 0 Å². The summed E-state index contributed by atoms with van der Waals surface area (Å²) in [6.07, 6.45) is -1.87. The number of hydrogen-bond acceptors (Lipinski definition) is 6. The molecule has 0 aliphatic rings. The van der Waals surface area contributed by atoms with Gasteiger partial charge in [0.05, 0.1) is 0 Å². The number of aromatic nitrogens is 6. The van der Waals surface area contributed by atoms with Crippen molar-refractivity contribution in [2.45, 2.75) is 25.4 Å². The number of unbranched alkanes of at least 4 members (excludes halogenated alkanes) is 1. The van der Waals surface area contributed by atoms with Crippen molar-refractivity contribution in [1.82, 2.24) is 29.7 Å². The van der Waals surface area contributed by atoms with E-state index < -0.39 is 12.6 Å². The van der Waals surface area contributed by atoms with E-state index in [-0.39, 0.29) is 23.6 Å². The summed E-state index contributed by atoms with van der Waals surface area (Å²) in [7, 11) is 0. The van der Waals surface area contributed by atoms with E-state index in [0.29, 0.717) is 13.0 Å². The van der Waals surface area contributed by atoms with E-state index in [0.717, 1.165) is 0 Å². The van der Waals surface area contributed by atoms with Gasteiger partial charge in [0.2, 0.25) is 11.2 Å². The molecule has 0 aliphatic heterocycles. The summed E-state index contributed by atoms with van der Waals surface area (Å²) in [5.74, 6) is 0.345. The highest BCUT2D eigenvalue weighted by atomic mass is 35.5. The van der Waals surface area contributed by atoms with Crippen LogP contribution in [0.4, 0.5) is 19.1 Å². The van der Waals surface area contributed by atoms with Gasteiger partial charge in [0.1, 0.15) is 12.7 Å². The zero-order chi connectivity index (χ0) is 15.3. The molecule has 2 heterocycles. The monoisotopic (exact) mass is 321 g/mol. The molecule has 0 bridgehead atoms. The molecule has 1 N–H and O–H groups in total. The van der Waals surface area contributed by atoms with Crippen molar-refractivity contribution in [1.29, 1.82) is 0 Å². The summed E-state index contributed by atoms with van der Waals surface area (Å²) in [5.41, 5.74) is 0. The molecule has 0 fully saturated rings. The van der Waals surface area contributed by atoms with Crippen molar-refractivity contribution in [2.24, 2.45) is 0 Å². The third-order valence-electron chi connectivity index (χ3n) is 2.39. The maximum atomic E-state index is 12.0. The SMILES string of the molecule is FC(F)(F)CCCCNc1nc(Cl)nc(-n2cncn2)n1. The molecule has 114 valence electrons. The minimum atomic E-state index is -4.13. The molecular weight excluding hydrogens is 311 g/mol. The number of hydrogen-bond donors (Lipinski definition) is 1. The van der Waals surface area contributed by atoms with E-state index in [9.17, 15) is 13.2 Å². The smallest absolute Gasteiger partial charge is 0.354 e. The van der Waals surface area contributed by atoms with Crippen LogP contribution >= 0.6 is 11.6 Å². The fourth-order valence-corrected chi connectivity index (χ4v) is 1.64. The predicted octanol–water partition coefficient (Wildman–Crippen LogP) is 2.25. The van der Waals surface area contributed by atoms with Crippen LogP contribution in [0.25, 0.3) is 5.95 Å². The molecule has 11 heteroatoms. The zero-order valence-corrected chi connectivity index (χ0v) is 11.4. The Hall–Kier alpha value is -1.97. The summed E-state index contributed by atoms with van der Waals surface area (Å²) < 4.78 is 37.2. The number of alkyl halides is 3. The lowest BCUT2D eigenvalue weighted by Crippen LogP contribution is -2.12. The maximum absolute atomic E-state index is 12.0. The van der Waals surface area contributed by atoms with Crippen LogP contribution in [0.1, 0.15) is 19.3 Å². The topological polar surface area (TPSA) is 81.4 Å². The average Bonchev–Trinajstić information content (AvgIpc) is 2.90. The second-order valence-electron chi connectivity index (χ2n) is 4.07. The van der Waals surface area contributed by atoms with Gasteiger partial charge in [0.15, 0.2) is 0 Å². The van der Waals surface area contributed by atoms with Gasteiger partial charge in [0.25, 0.3) is 5.95 Å². The van der Waals surface area contributed by atoms with Gasteiger partial charge >= 0.3 is 6.18 Å². The van der Waals surface area contributed by atoms with Crippen LogP contribution in [0, 0.1) is 0 Å². The molecule has 2 aromatic heterocycles. The molecule has 7 nitrogen and oxygen atoms in total. The maximum Gasteiger partial charge on any atom is 0.389 e. The molecule has 0 unspecified atom stereocenters. The second kappa shape index (κ2) is 6.66. The third kappa shape index (κ3) is 5.14. The van der Waals surface area contributed by atoms with Gasteiger partial charge in [0, 0.05) is 13.0 Å². The van der Waals surface area contributed by atoms with Gasteiger partial charge in [-0.2, -0.15) is 37.9 Å². The molecular formula is C10H11ClF3N7. The Labute approximate surface area is 122 Å². The minimum Gasteiger partial charge on any atom is -0.354 e. The number of nitrogens with one attached hydrogen (secondary N) is 1. The Morgan fingerprint density at radius 3 is 2.67 bits per heavy atom. The lowest BCUT2D eigenvalue weighted by atomic mass is 10.2. The van der Waals surface area contributed by atoms with Crippen LogP contribution in [0.15, 0.2) is 12.7 Å². The summed E-state index contributed by atoms with van der Waals surface area (Å²) in [4.78, 5) is 15.5. The quantitative estimate of drug-likeness (QED) is 0.822. The van der Waals surface area contributed by atoms with Gasteiger partial charge in [-0.1, -0.05) is 0 Å². The largest absolute Gasteiger partial charge is 0.389 e. The molecule has 21 heavy (non-hydrogen) atoms. The molecule has 0 aromatic carbocycles. The van der Waals surface area contributed by atoms with Crippen LogP contribution in [-0.4, -0.2) is 42.4 Å². The first-order valence-corrected chi connectivity index (χ1v) is 6.39. The van der Waals surface area contributed by atoms with Crippen molar-refractivity contribution in [3.8, 4) is 5.95 Å². The Balaban J connectivity index is 1.89. The van der Waals surface area contributed by atoms with E-state index in [4.69, 9.17) is 11.6 Å². The fourth-order valence-electron chi connectivity index (χ4n) is 1.48. The van der Waals surface area contributed by atoms with E-state index >= 15 is 0 Å². The molecule has 0 spiro atoms. The van der Waals surface area contributed by atoms with Gasteiger partial charge in [-0.15, -0.1) is 0 Å². The normalized spacial score (nSPS) is 11.6. The Bertz CT molecular complexity index is 573. The lowest BCUT2D eigenvalue weighted by molar-refractivity contribution is -0.135. The molecule has 0 atom stereocenters. The van der Waals surface area contributed by atoms with Gasteiger partial charge in [-0.3, -0.25) is 0 Å². The van der Waals surface area contributed by atoms with E-state index in [1.54, 1.807) is 0 Å². The minimum absolute atomic E-state index is 0.0330. The van der Waals surface area contributed by atoms with Crippen LogP contribution in [0.3, 0.4) is 0 Å². The van der Waals surface area contributed by atoms with E-state index in [1.165, 1.54) is 17.3 Å². The first-order chi connectivity index (χ1) is 9.94. The number of anilines is 1. The van der Waals surface area contributed by atoms with Crippen molar-refractivity contribution < 1.29 is 13.2 Å². The summed E-state index contributed by atoms with van der Waals surface area (Å²) in [6.45, 7) is 0.299. The molecule has 0 radical (unpaired) electrons. The summed E-state index contributed by atoms with van der Waals surface area (Å²) >= 11 is 5.75. The van der Waals surface area contributed by atoms with Crippen LogP contribution in [-0.2, 0) is 0 Å². The highest BCUT2D eigenvalue weighted by Gasteiger charge is 2.25. The molecule has 0 saturated heterocycles. The second-order valence-corrected chi connectivity index (χ2v) is 4.41. The number of halogens is 4. The fraction of sp³-hybridized carbons (Fsp3) is 0.500. The van der Waals surface area contributed by atoms with Crippen LogP contribution in [0.5, 0.6) is 0 Å². The molecule has 0 aliphatic carbocycles. The van der Waals surface area contributed by atoms with Gasteiger partial charge in [-0.25, -0.2) is 4.98 Å². The Morgan fingerprint density at radius 1 is 1.19 bits per heavy atom. The van der Waals surface area contributed by atoms with Crippen molar-refractivity contribution >= 4 is 17.5 Å². The number of rotatable bonds is 6. The van der Waals surface area contributed by atoms with E-state index in [2.05, 4.69) is 30.4 Å². The lowest BCUT2D eigenvalue weighted by Gasteiger charge is -2.07. The molecule has 2 aromatic rings. The number of nitrogens with zero attached hydrogens (tertiary/aromatic N) is 6. The highest BCUT2D eigenvalue weighted by molar-refractivity contribution is 6.28. The van der Waals surface area contributed by atoms with Crippen LogP contribution < -0.4 is 5.32 Å². The van der Waals surface area contributed by atoms with Crippen molar-refractivity contribution in [3.05, 3.63) is 17.9 Å². The zero-order valence-electron chi connectivity index (χ0n) is 10.7. The Kier molecular flexibility index (Phi) is 4.89. The molecule has 0 saturated carbocycles. The van der Waals surface area contributed by atoms with Gasteiger partial charge in [-0.05, 0) is 24.4 Å². The average molecular weight is 322 g/mol. The van der Waals surface area contributed by atoms with Crippen molar-refractivity contribution in [3.63, 3.8) is 0 Å². The molecule has 2 rings (SSSR count). The standard InChI is InChI=1S/C10H11ClF3N7/c11-7-18-8(16-4-2-1-3-10(12,13)14)20-9(19-7)21-6-15-5-17-21/h5-6H,1-4H2,(H,16,18,19,20). The first kappa shape index (κ1) is 15.4. The summed E-state index contributed by atoms with van der Waals surface area (Å²) in [5, 5.41) is 6.60.